The first-order chi connectivity index (χ1) is 68.7. The van der Waals surface area contributed by atoms with Gasteiger partial charge in [0.2, 0.25) is 0 Å². The monoisotopic (exact) mass is 1810 g/mol. The Hall–Kier alpha value is -17.2. The zero-order valence-corrected chi connectivity index (χ0v) is 77.3. The van der Waals surface area contributed by atoms with Gasteiger partial charge in [0, 0.05) is 136 Å². The molecule has 9 heteroatoms. The SMILES string of the molecule is CC1(C)c2ccccc2-c2cccc(-c3cccc(N(c4cc(-c5ccc6c(c5)c5ccccc5n6-c5ccccc5)c5oc6ccccc6c5c4)c4cccc5c4-c4ccccc4C54c5ccc(N(c6ccccc6)c6cc(-c7ccc8ccccc8c7)c7oc8ccccc8c7c6)cc5Sc5c(N(c6ccccc6)c6cc7oc8ccccc8c7cc6-c6cc7ccccc7s6)cccc54)c3)c21. The molecule has 139 heavy (non-hydrogen) atoms. The van der Waals surface area contributed by atoms with Gasteiger partial charge in [-0.3, -0.25) is 0 Å². The van der Waals surface area contributed by atoms with E-state index in [4.69, 9.17) is 13.3 Å². The largest absolute Gasteiger partial charge is 0.456 e. The number of fused-ring (bicyclic) bond motifs is 26. The first kappa shape index (κ1) is 79.2. The van der Waals surface area contributed by atoms with Crippen molar-refractivity contribution in [2.24, 2.45) is 0 Å². The van der Waals surface area contributed by atoms with Crippen molar-refractivity contribution >= 4 is 183 Å². The highest BCUT2D eigenvalue weighted by atomic mass is 32.2. The average molecular weight is 1810 g/mol. The number of thiophene rings is 1. The van der Waals surface area contributed by atoms with Crippen LogP contribution in [0.3, 0.4) is 0 Å². The van der Waals surface area contributed by atoms with Crippen LogP contribution in [0.2, 0.25) is 0 Å². The van der Waals surface area contributed by atoms with E-state index in [-0.39, 0.29) is 5.41 Å². The van der Waals surface area contributed by atoms with Crippen LogP contribution >= 0.6 is 23.1 Å². The van der Waals surface area contributed by atoms with E-state index in [1.54, 1.807) is 0 Å². The van der Waals surface area contributed by atoms with E-state index in [0.717, 1.165) is 215 Å². The normalized spacial score (nSPS) is 13.9. The van der Waals surface area contributed by atoms with Crippen LogP contribution in [-0.2, 0) is 10.8 Å². The molecule has 0 saturated carbocycles. The van der Waals surface area contributed by atoms with Crippen molar-refractivity contribution in [2.75, 3.05) is 14.7 Å². The predicted octanol–water partition coefficient (Wildman–Crippen LogP) is 37.1. The standard InChI is InChI=1S/C130H82N4O3S2/c1-129(2)107-51-21-15-43-93(107)98-50-29-49-92(125(98)129)81-35-28-42-88(69-81)132(91-73-101(127-105(75-91)97-47-20-26-60-119(97)137-127)83-64-67-113-102(70-83)94-44-17-23-55-112(94)133(113)86-38-8-4-9-39-86)114-56-30-53-110-124(114)99-48-16-22-52-108(99)130(110)109-66-65-89(131(85-36-6-3-7-37-85)90-72-100(82-63-62-79-32-12-13-33-80(79)68-82)126-104(74-90)96-46-19-25-59-118(96)136-126)76-123(109)139-128-111(130)54-31-57-115(128)134(87-40-10-5-11-41-87)116-78-120-103(95-45-18-24-58-117(95)135-120)77-106(116)122-71-84-34-14-27-61-121(84)138-122/h3-78H,1-2H3. The molecule has 1 unspecified atom stereocenters. The second-order valence-electron chi connectivity index (χ2n) is 37.6. The van der Waals surface area contributed by atoms with Crippen molar-refractivity contribution in [3.8, 4) is 71.8 Å². The molecule has 1 atom stereocenters. The zero-order chi connectivity index (χ0) is 91.5. The molecule has 0 radical (unpaired) electrons. The summed E-state index contributed by atoms with van der Waals surface area (Å²) < 4.78 is 25.1. The molecular formula is C130H82N4O3S2. The fourth-order valence-electron chi connectivity index (χ4n) is 23.7. The van der Waals surface area contributed by atoms with E-state index in [2.05, 4.69) is 494 Å². The van der Waals surface area contributed by atoms with Gasteiger partial charge in [-0.2, -0.15) is 0 Å². The summed E-state index contributed by atoms with van der Waals surface area (Å²) in [6.07, 6.45) is 0. The van der Waals surface area contributed by atoms with Gasteiger partial charge in [0.15, 0.2) is 0 Å². The lowest BCUT2D eigenvalue weighted by Crippen LogP contribution is -2.33. The Morgan fingerprint density at radius 3 is 1.55 bits per heavy atom. The highest BCUT2D eigenvalue weighted by Crippen LogP contribution is 2.68. The molecule has 29 rings (SSSR count). The number of rotatable bonds is 14. The molecule has 21 aromatic carbocycles. The summed E-state index contributed by atoms with van der Waals surface area (Å²) in [7, 11) is 0. The molecule has 1 aliphatic heterocycles. The van der Waals surface area contributed by atoms with Crippen LogP contribution in [0, 0.1) is 0 Å². The maximum Gasteiger partial charge on any atom is 0.143 e. The Morgan fingerprint density at radius 1 is 0.259 bits per heavy atom. The van der Waals surface area contributed by atoms with Gasteiger partial charge < -0.3 is 32.5 Å². The summed E-state index contributed by atoms with van der Waals surface area (Å²) in [4.78, 5) is 11.0. The second kappa shape index (κ2) is 30.7. The number of nitrogens with zero attached hydrogens (tertiary/aromatic N) is 4. The van der Waals surface area contributed by atoms with Crippen molar-refractivity contribution in [2.45, 2.75) is 34.5 Å². The molecule has 3 aliphatic rings. The molecular weight excluding hydrogens is 1730 g/mol. The Balaban J connectivity index is 0.708. The van der Waals surface area contributed by atoms with Gasteiger partial charge in [-0.05, 0) is 246 Å². The molecule has 652 valence electrons. The fraction of sp³-hybridized carbons (Fsp3) is 0.0308. The van der Waals surface area contributed by atoms with Gasteiger partial charge >= 0.3 is 0 Å². The smallest absolute Gasteiger partial charge is 0.143 e. The molecule has 6 heterocycles. The third kappa shape index (κ3) is 11.9. The minimum absolute atomic E-state index is 0.299. The van der Waals surface area contributed by atoms with Gasteiger partial charge in [-0.15, -0.1) is 11.3 Å². The minimum Gasteiger partial charge on any atom is -0.456 e. The van der Waals surface area contributed by atoms with Crippen molar-refractivity contribution in [3.05, 3.63) is 494 Å². The molecule has 0 amide bonds. The van der Waals surface area contributed by atoms with Crippen molar-refractivity contribution in [1.82, 2.24) is 4.57 Å². The predicted molar refractivity (Wildman–Crippen MR) is 580 cm³/mol. The molecule has 0 fully saturated rings. The first-order valence-corrected chi connectivity index (χ1v) is 49.3. The topological polar surface area (TPSA) is 54.1 Å². The second-order valence-corrected chi connectivity index (χ2v) is 39.7. The molecule has 7 nitrogen and oxygen atoms in total. The lowest BCUT2D eigenvalue weighted by molar-refractivity contribution is 0.662. The summed E-state index contributed by atoms with van der Waals surface area (Å²) in [5, 5.41) is 12.1. The Bertz CT molecular complexity index is 9620. The maximum absolute atomic E-state index is 7.34. The van der Waals surface area contributed by atoms with Crippen LogP contribution < -0.4 is 14.7 Å². The summed E-state index contributed by atoms with van der Waals surface area (Å²) in [5.41, 5.74) is 35.7. The van der Waals surface area contributed by atoms with E-state index in [1.165, 1.54) is 59.8 Å². The molecule has 1 spiro atoms. The summed E-state index contributed by atoms with van der Waals surface area (Å²) in [6, 6.07) is 172. The van der Waals surface area contributed by atoms with E-state index >= 15 is 0 Å². The van der Waals surface area contributed by atoms with Crippen LogP contribution in [0.25, 0.3) is 180 Å². The quantitative estimate of drug-likeness (QED) is 0.108. The van der Waals surface area contributed by atoms with Crippen molar-refractivity contribution in [3.63, 3.8) is 0 Å². The first-order valence-electron chi connectivity index (χ1n) is 47.6. The molecule has 5 aromatic heterocycles. The Labute approximate surface area is 809 Å². The van der Waals surface area contributed by atoms with Gasteiger partial charge in [0.1, 0.15) is 33.5 Å². The summed E-state index contributed by atoms with van der Waals surface area (Å²) >= 11 is 3.70. The van der Waals surface area contributed by atoms with E-state index in [1.807, 2.05) is 23.1 Å². The minimum atomic E-state index is -1.01. The van der Waals surface area contributed by atoms with E-state index in [9.17, 15) is 0 Å². The van der Waals surface area contributed by atoms with Gasteiger partial charge in [-0.25, -0.2) is 0 Å². The number of anilines is 9. The van der Waals surface area contributed by atoms with Crippen LogP contribution in [0.15, 0.2) is 484 Å². The van der Waals surface area contributed by atoms with Gasteiger partial charge in [0.25, 0.3) is 0 Å². The van der Waals surface area contributed by atoms with E-state index < -0.39 is 5.41 Å². The molecule has 0 N–H and O–H groups in total. The number of benzene rings is 21. The number of furan rings is 3. The lowest BCUT2D eigenvalue weighted by Gasteiger charge is -2.42. The van der Waals surface area contributed by atoms with Crippen LogP contribution in [-0.4, -0.2) is 4.57 Å². The third-order valence-corrected chi connectivity index (χ3v) is 32.1. The zero-order valence-electron chi connectivity index (χ0n) is 75.7. The maximum atomic E-state index is 7.34. The van der Waals surface area contributed by atoms with E-state index in [0.29, 0.717) is 0 Å². The van der Waals surface area contributed by atoms with Crippen molar-refractivity contribution < 1.29 is 13.3 Å². The number of aromatic nitrogens is 1. The van der Waals surface area contributed by atoms with Crippen LogP contribution in [0.4, 0.5) is 51.2 Å². The number of hydrogen-bond donors (Lipinski definition) is 0. The highest BCUT2D eigenvalue weighted by molar-refractivity contribution is 7.99. The summed E-state index contributed by atoms with van der Waals surface area (Å²) in [6.45, 7) is 4.81. The highest BCUT2D eigenvalue weighted by Gasteiger charge is 2.53. The molecule has 26 aromatic rings. The van der Waals surface area contributed by atoms with Crippen LogP contribution in [0.1, 0.15) is 47.2 Å². The molecule has 2 aliphatic carbocycles. The molecule has 0 bridgehead atoms. The number of para-hydroxylation sites is 7. The molecule has 0 saturated heterocycles. The summed E-state index contributed by atoms with van der Waals surface area (Å²) in [5.74, 6) is 0. The Kier molecular flexibility index (Phi) is 17.5. The Morgan fingerprint density at radius 2 is 0.799 bits per heavy atom. The lowest BCUT2D eigenvalue weighted by atomic mass is 9.67. The number of hydrogen-bond acceptors (Lipinski definition) is 8. The third-order valence-electron chi connectivity index (χ3n) is 29.7. The van der Waals surface area contributed by atoms with Crippen molar-refractivity contribution in [1.29, 1.82) is 0 Å². The fourth-order valence-corrected chi connectivity index (χ4v) is 26.1. The average Bonchev–Trinajstić information content (AvgIpc) is 1.54. The van der Waals surface area contributed by atoms with Gasteiger partial charge in [0.05, 0.1) is 33.5 Å². The van der Waals surface area contributed by atoms with Crippen LogP contribution in [0.5, 0.6) is 0 Å². The van der Waals surface area contributed by atoms with Gasteiger partial charge in [-0.1, -0.05) is 323 Å².